The molecule has 0 aliphatic carbocycles. The molecule has 0 aliphatic heterocycles. The van der Waals surface area contributed by atoms with Crippen LogP contribution in [0.2, 0.25) is 0 Å². The van der Waals surface area contributed by atoms with Crippen molar-refractivity contribution in [1.29, 1.82) is 0 Å². The highest BCUT2D eigenvalue weighted by Gasteiger charge is 2.13. The van der Waals surface area contributed by atoms with Gasteiger partial charge in [0.15, 0.2) is 0 Å². The van der Waals surface area contributed by atoms with Crippen LogP contribution in [0.15, 0.2) is 25.0 Å². The summed E-state index contributed by atoms with van der Waals surface area (Å²) >= 11 is 0. The molecule has 4 heteroatoms. The monoisotopic (exact) mass is 193 g/mol. The summed E-state index contributed by atoms with van der Waals surface area (Å²) in [6.07, 6.45) is 6.17. The van der Waals surface area contributed by atoms with Gasteiger partial charge in [0.05, 0.1) is 6.04 Å². The standard InChI is InChI=1S/C10H15N3O/c1-3-5-9(14)13-8(4-2)10-11-6-7-12-10/h3,6-8H,1,4-5H2,2H3,(H,11,12)(H,13,14). The molecule has 2 N–H and O–H groups in total. The highest BCUT2D eigenvalue weighted by atomic mass is 16.1. The molecule has 0 aliphatic rings. The van der Waals surface area contributed by atoms with Crippen molar-refractivity contribution < 1.29 is 4.79 Å². The van der Waals surface area contributed by atoms with Gasteiger partial charge in [-0.1, -0.05) is 13.0 Å². The SMILES string of the molecule is C=CCC(=O)NC(CC)c1ncc[nH]1. The third kappa shape index (κ3) is 2.73. The zero-order valence-corrected chi connectivity index (χ0v) is 8.29. The van der Waals surface area contributed by atoms with Crippen molar-refractivity contribution in [2.24, 2.45) is 0 Å². The lowest BCUT2D eigenvalue weighted by molar-refractivity contribution is -0.121. The van der Waals surface area contributed by atoms with Gasteiger partial charge in [-0.05, 0) is 6.42 Å². The number of carbonyl (C=O) groups is 1. The number of hydrogen-bond donors (Lipinski definition) is 2. The number of carbonyl (C=O) groups excluding carboxylic acids is 1. The Kier molecular flexibility index (Phi) is 3.91. The maximum absolute atomic E-state index is 11.3. The second-order valence-corrected chi connectivity index (χ2v) is 3.00. The predicted octanol–water partition coefficient (Wildman–Crippen LogP) is 1.55. The first-order valence-electron chi connectivity index (χ1n) is 4.67. The summed E-state index contributed by atoms with van der Waals surface area (Å²) in [5.74, 6) is 0.771. The normalized spacial score (nSPS) is 12.1. The first kappa shape index (κ1) is 10.5. The molecule has 14 heavy (non-hydrogen) atoms. The number of aromatic nitrogens is 2. The molecule has 1 aromatic rings. The fourth-order valence-electron chi connectivity index (χ4n) is 1.22. The van der Waals surface area contributed by atoms with Crippen LogP contribution >= 0.6 is 0 Å². The van der Waals surface area contributed by atoms with Crippen molar-refractivity contribution in [3.63, 3.8) is 0 Å². The Hall–Kier alpha value is -1.58. The van der Waals surface area contributed by atoms with Gasteiger partial charge >= 0.3 is 0 Å². The van der Waals surface area contributed by atoms with Gasteiger partial charge < -0.3 is 10.3 Å². The van der Waals surface area contributed by atoms with E-state index in [-0.39, 0.29) is 11.9 Å². The van der Waals surface area contributed by atoms with E-state index in [0.717, 1.165) is 12.2 Å². The van der Waals surface area contributed by atoms with E-state index in [0.29, 0.717) is 6.42 Å². The average Bonchev–Trinajstić information content (AvgIpc) is 2.67. The van der Waals surface area contributed by atoms with Crippen LogP contribution < -0.4 is 5.32 Å². The Labute approximate surface area is 83.4 Å². The molecule has 0 radical (unpaired) electrons. The molecule has 0 fully saturated rings. The topological polar surface area (TPSA) is 57.8 Å². The van der Waals surface area contributed by atoms with Crippen LogP contribution in [0.3, 0.4) is 0 Å². The summed E-state index contributed by atoms with van der Waals surface area (Å²) in [5, 5.41) is 2.87. The van der Waals surface area contributed by atoms with E-state index in [1.165, 1.54) is 0 Å². The Bertz CT molecular complexity index is 292. The van der Waals surface area contributed by atoms with Gasteiger partial charge in [0.25, 0.3) is 0 Å². The zero-order chi connectivity index (χ0) is 10.4. The predicted molar refractivity (Wildman–Crippen MR) is 54.6 cm³/mol. The first-order valence-corrected chi connectivity index (χ1v) is 4.67. The fraction of sp³-hybridized carbons (Fsp3) is 0.400. The van der Waals surface area contributed by atoms with Gasteiger partial charge in [0.1, 0.15) is 5.82 Å². The van der Waals surface area contributed by atoms with Gasteiger partial charge in [-0.15, -0.1) is 6.58 Å². The Balaban J connectivity index is 2.55. The Morgan fingerprint density at radius 3 is 3.14 bits per heavy atom. The number of imidazole rings is 1. The van der Waals surface area contributed by atoms with E-state index < -0.39 is 0 Å². The summed E-state index contributed by atoms with van der Waals surface area (Å²) < 4.78 is 0. The summed E-state index contributed by atoms with van der Waals surface area (Å²) in [6.45, 7) is 5.51. The van der Waals surface area contributed by atoms with Crippen molar-refractivity contribution in [1.82, 2.24) is 15.3 Å². The molecule has 1 heterocycles. The van der Waals surface area contributed by atoms with Gasteiger partial charge in [-0.25, -0.2) is 4.98 Å². The van der Waals surface area contributed by atoms with Crippen LogP contribution in [0, 0.1) is 0 Å². The minimum atomic E-state index is -0.0301. The van der Waals surface area contributed by atoms with E-state index in [1.807, 2.05) is 6.92 Å². The van der Waals surface area contributed by atoms with E-state index >= 15 is 0 Å². The summed E-state index contributed by atoms with van der Waals surface area (Å²) in [5.41, 5.74) is 0. The van der Waals surface area contributed by atoms with E-state index in [9.17, 15) is 4.79 Å². The molecule has 1 unspecified atom stereocenters. The highest BCUT2D eigenvalue weighted by molar-refractivity contribution is 5.77. The van der Waals surface area contributed by atoms with E-state index in [2.05, 4.69) is 21.9 Å². The molecule has 1 rings (SSSR count). The Morgan fingerprint density at radius 1 is 1.86 bits per heavy atom. The zero-order valence-electron chi connectivity index (χ0n) is 8.29. The summed E-state index contributed by atoms with van der Waals surface area (Å²) in [7, 11) is 0. The maximum Gasteiger partial charge on any atom is 0.224 e. The van der Waals surface area contributed by atoms with Crippen LogP contribution in [-0.4, -0.2) is 15.9 Å². The summed E-state index contributed by atoms with van der Waals surface area (Å²) in [6, 6.07) is -0.0301. The molecule has 0 saturated carbocycles. The fourth-order valence-corrected chi connectivity index (χ4v) is 1.22. The second-order valence-electron chi connectivity index (χ2n) is 3.00. The third-order valence-corrected chi connectivity index (χ3v) is 1.92. The minimum absolute atomic E-state index is 0.0248. The number of rotatable bonds is 5. The van der Waals surface area contributed by atoms with Gasteiger partial charge in [0.2, 0.25) is 5.91 Å². The number of aromatic amines is 1. The molecular formula is C10H15N3O. The number of H-pyrrole nitrogens is 1. The number of nitrogens with zero attached hydrogens (tertiary/aromatic N) is 1. The van der Waals surface area contributed by atoms with Crippen molar-refractivity contribution in [3.05, 3.63) is 30.9 Å². The molecular weight excluding hydrogens is 178 g/mol. The quantitative estimate of drug-likeness (QED) is 0.697. The van der Waals surface area contributed by atoms with Crippen LogP contribution in [0.25, 0.3) is 0 Å². The number of nitrogens with one attached hydrogen (secondary N) is 2. The Morgan fingerprint density at radius 2 is 2.64 bits per heavy atom. The van der Waals surface area contributed by atoms with Crippen molar-refractivity contribution in [2.45, 2.75) is 25.8 Å². The van der Waals surface area contributed by atoms with E-state index in [1.54, 1.807) is 18.5 Å². The van der Waals surface area contributed by atoms with E-state index in [4.69, 9.17) is 0 Å². The number of amides is 1. The lowest BCUT2D eigenvalue weighted by Gasteiger charge is -2.13. The van der Waals surface area contributed by atoms with Crippen LogP contribution in [0.1, 0.15) is 31.6 Å². The van der Waals surface area contributed by atoms with Crippen molar-refractivity contribution in [3.8, 4) is 0 Å². The summed E-state index contributed by atoms with van der Waals surface area (Å²) in [4.78, 5) is 18.4. The maximum atomic E-state index is 11.3. The van der Waals surface area contributed by atoms with Gasteiger partial charge in [-0.2, -0.15) is 0 Å². The molecule has 0 aromatic carbocycles. The molecule has 0 spiro atoms. The van der Waals surface area contributed by atoms with Crippen LogP contribution in [-0.2, 0) is 4.79 Å². The van der Waals surface area contributed by atoms with Crippen molar-refractivity contribution >= 4 is 5.91 Å². The average molecular weight is 193 g/mol. The lowest BCUT2D eigenvalue weighted by Crippen LogP contribution is -2.28. The first-order chi connectivity index (χ1) is 6.77. The third-order valence-electron chi connectivity index (χ3n) is 1.92. The molecule has 0 saturated heterocycles. The molecule has 1 aromatic heterocycles. The van der Waals surface area contributed by atoms with Gasteiger partial charge in [-0.3, -0.25) is 4.79 Å². The largest absolute Gasteiger partial charge is 0.347 e. The van der Waals surface area contributed by atoms with Crippen LogP contribution in [0.5, 0.6) is 0 Å². The molecule has 0 bridgehead atoms. The van der Waals surface area contributed by atoms with Gasteiger partial charge in [0, 0.05) is 18.8 Å². The second kappa shape index (κ2) is 5.21. The molecule has 1 atom stereocenters. The minimum Gasteiger partial charge on any atom is -0.347 e. The smallest absolute Gasteiger partial charge is 0.224 e. The molecule has 4 nitrogen and oxygen atoms in total. The van der Waals surface area contributed by atoms with Crippen molar-refractivity contribution in [2.75, 3.05) is 0 Å². The molecule has 76 valence electrons. The number of hydrogen-bond acceptors (Lipinski definition) is 2. The molecule has 1 amide bonds. The lowest BCUT2D eigenvalue weighted by atomic mass is 10.2. The highest BCUT2D eigenvalue weighted by Crippen LogP contribution is 2.10. The van der Waals surface area contributed by atoms with Crippen LogP contribution in [0.4, 0.5) is 0 Å².